The van der Waals surface area contributed by atoms with E-state index in [1.54, 1.807) is 11.0 Å². The number of hydrogen-bond acceptors (Lipinski definition) is 7. The summed E-state index contributed by atoms with van der Waals surface area (Å²) in [5.41, 5.74) is 5.20. The molecule has 0 atom stereocenters. The van der Waals surface area contributed by atoms with Crippen LogP contribution in [0, 0.1) is 12.3 Å². The molecule has 0 radical (unpaired) electrons. The van der Waals surface area contributed by atoms with Crippen LogP contribution in [-0.4, -0.2) is 58.3 Å². The minimum Gasteiger partial charge on any atom is -0.478 e. The largest absolute Gasteiger partial charge is 0.478 e. The Kier molecular flexibility index (Phi) is 8.64. The summed E-state index contributed by atoms with van der Waals surface area (Å²) in [5.74, 6) is -0.501. The van der Waals surface area contributed by atoms with Crippen molar-refractivity contribution in [3.8, 4) is 0 Å². The monoisotopic (exact) mass is 379 g/mol. The van der Waals surface area contributed by atoms with Crippen molar-refractivity contribution < 1.29 is 19.8 Å². The molecule has 13 heteroatoms. The molecule has 0 fully saturated rings. The second-order valence-corrected chi connectivity index (χ2v) is 5.16. The molecule has 27 heavy (non-hydrogen) atoms. The van der Waals surface area contributed by atoms with Gasteiger partial charge < -0.3 is 21.3 Å². The van der Waals surface area contributed by atoms with Crippen LogP contribution >= 0.6 is 0 Å². The molecule has 0 spiro atoms. The number of H-pyrrole nitrogens is 1. The van der Waals surface area contributed by atoms with Crippen molar-refractivity contribution in [3.05, 3.63) is 30.0 Å². The number of carboxylic acid groups (broad SMARTS) is 2. The molecule has 0 aromatic carbocycles. The Balaban J connectivity index is 0.000000387. The number of rotatable bonds is 8. The van der Waals surface area contributed by atoms with E-state index >= 15 is 0 Å². The number of nitrogens with one attached hydrogen (secondary N) is 3. The van der Waals surface area contributed by atoms with Gasteiger partial charge in [-0.25, -0.2) is 14.6 Å². The number of anilines is 1. The van der Waals surface area contributed by atoms with Gasteiger partial charge in [-0.15, -0.1) is 5.10 Å². The first kappa shape index (κ1) is 21.3. The van der Waals surface area contributed by atoms with Gasteiger partial charge >= 0.3 is 11.9 Å². The number of carboxylic acids is 2. The lowest BCUT2D eigenvalue weighted by Crippen LogP contribution is -2.20. The molecule has 0 unspecified atom stereocenters. The third-order valence-electron chi connectivity index (χ3n) is 2.83. The summed E-state index contributed by atoms with van der Waals surface area (Å²) in [5, 5.41) is 40.4. The molecule has 0 aliphatic carbocycles. The number of nitrogens with zero attached hydrogens (tertiary/aromatic N) is 5. The number of aromatic amines is 1. The van der Waals surface area contributed by atoms with Crippen molar-refractivity contribution >= 4 is 23.7 Å². The van der Waals surface area contributed by atoms with Crippen molar-refractivity contribution in [1.29, 1.82) is 5.41 Å². The van der Waals surface area contributed by atoms with Crippen molar-refractivity contribution in [2.45, 2.75) is 32.7 Å². The van der Waals surface area contributed by atoms with Crippen LogP contribution in [0.1, 0.15) is 24.5 Å². The first-order valence-electron chi connectivity index (χ1n) is 7.79. The van der Waals surface area contributed by atoms with Crippen LogP contribution in [0.25, 0.3) is 0 Å². The molecule has 146 valence electrons. The van der Waals surface area contributed by atoms with Crippen LogP contribution in [0.5, 0.6) is 0 Å². The van der Waals surface area contributed by atoms with E-state index < -0.39 is 11.9 Å². The van der Waals surface area contributed by atoms with Gasteiger partial charge in [0, 0.05) is 18.6 Å². The molecule has 0 amide bonds. The molecule has 0 aliphatic heterocycles. The Morgan fingerprint density at radius 3 is 2.52 bits per heavy atom. The van der Waals surface area contributed by atoms with Crippen LogP contribution in [-0.2, 0) is 22.6 Å². The Hall–Kier alpha value is -3.77. The third kappa shape index (κ3) is 9.96. The molecular weight excluding hydrogens is 358 g/mol. The first-order chi connectivity index (χ1) is 12.8. The van der Waals surface area contributed by atoms with Crippen LogP contribution in [0.15, 0.2) is 18.3 Å². The SMILES string of the molecule is Cc1n[nH]c(CCCCn2ncc(NC(=N)N)n2)n1.O=C(O)/C=C/C(=O)O. The Morgan fingerprint density at radius 2 is 2.00 bits per heavy atom. The van der Waals surface area contributed by atoms with Gasteiger partial charge in [-0.3, -0.25) is 10.5 Å². The number of aryl methyl sites for hydroxylation is 3. The lowest BCUT2D eigenvalue weighted by molar-refractivity contribution is -0.134. The van der Waals surface area contributed by atoms with Gasteiger partial charge in [0.25, 0.3) is 0 Å². The topological polar surface area (TPSA) is 209 Å². The van der Waals surface area contributed by atoms with E-state index in [-0.39, 0.29) is 5.96 Å². The predicted octanol–water partition coefficient (Wildman–Crippen LogP) is -0.255. The van der Waals surface area contributed by atoms with E-state index in [1.165, 1.54) is 0 Å². The van der Waals surface area contributed by atoms with Crippen LogP contribution in [0.2, 0.25) is 0 Å². The average molecular weight is 379 g/mol. The summed E-state index contributed by atoms with van der Waals surface area (Å²) in [6.07, 6.45) is 5.44. The molecular formula is C14H21N9O4. The zero-order valence-corrected chi connectivity index (χ0v) is 14.6. The number of hydrogen-bond donors (Lipinski definition) is 6. The van der Waals surface area contributed by atoms with Crippen molar-refractivity contribution in [2.24, 2.45) is 5.73 Å². The molecule has 2 aromatic heterocycles. The number of guanidine groups is 1. The number of nitrogens with two attached hydrogens (primary N) is 1. The van der Waals surface area contributed by atoms with Gasteiger partial charge in [0.2, 0.25) is 0 Å². The maximum Gasteiger partial charge on any atom is 0.328 e. The summed E-state index contributed by atoms with van der Waals surface area (Å²) in [4.78, 5) is 24.9. The molecule has 2 aromatic rings. The molecule has 2 heterocycles. The van der Waals surface area contributed by atoms with E-state index in [0.29, 0.717) is 24.5 Å². The number of aliphatic carboxylic acids is 2. The van der Waals surface area contributed by atoms with Crippen molar-refractivity contribution in [3.63, 3.8) is 0 Å². The summed E-state index contributed by atoms with van der Waals surface area (Å²) in [6.45, 7) is 2.57. The maximum absolute atomic E-state index is 9.55. The van der Waals surface area contributed by atoms with Gasteiger partial charge in [0.15, 0.2) is 11.8 Å². The van der Waals surface area contributed by atoms with Gasteiger partial charge in [0.1, 0.15) is 11.6 Å². The van der Waals surface area contributed by atoms with E-state index in [4.69, 9.17) is 21.4 Å². The smallest absolute Gasteiger partial charge is 0.328 e. The highest BCUT2D eigenvalue weighted by molar-refractivity contribution is 5.89. The second kappa shape index (κ2) is 11.0. The predicted molar refractivity (Wildman–Crippen MR) is 94.0 cm³/mol. The molecule has 0 aliphatic rings. The quantitative estimate of drug-likeness (QED) is 0.153. The molecule has 2 rings (SSSR count). The maximum atomic E-state index is 9.55. The summed E-state index contributed by atoms with van der Waals surface area (Å²) < 4.78 is 0. The highest BCUT2D eigenvalue weighted by Gasteiger charge is 2.02. The fourth-order valence-corrected chi connectivity index (χ4v) is 1.79. The Labute approximate surface area is 153 Å². The normalized spacial score (nSPS) is 10.3. The molecule has 13 nitrogen and oxygen atoms in total. The molecule has 0 saturated carbocycles. The lowest BCUT2D eigenvalue weighted by atomic mass is 10.2. The molecule has 0 bridgehead atoms. The minimum atomic E-state index is -1.26. The Morgan fingerprint density at radius 1 is 1.33 bits per heavy atom. The van der Waals surface area contributed by atoms with Gasteiger partial charge in [-0.05, 0) is 19.8 Å². The summed E-state index contributed by atoms with van der Waals surface area (Å²) in [6, 6.07) is 0. The van der Waals surface area contributed by atoms with Crippen LogP contribution in [0.4, 0.5) is 5.82 Å². The standard InChI is InChI=1S/C10H17N9.C4H4O4/c1-7-14-8(17-16-7)4-2-3-5-19-13-6-9(18-19)15-10(11)12;5-3(6)1-2-4(7)8/h6H,2-5H2,1H3,(H,14,16,17)(H4,11,12,15,18);1-2H,(H,5,6)(H,7,8)/b;2-1+. The van der Waals surface area contributed by atoms with Crippen LogP contribution in [0.3, 0.4) is 0 Å². The van der Waals surface area contributed by atoms with Crippen LogP contribution < -0.4 is 11.1 Å². The molecule has 0 saturated heterocycles. The van der Waals surface area contributed by atoms with Crippen molar-refractivity contribution in [1.82, 2.24) is 30.2 Å². The minimum absolute atomic E-state index is 0.146. The zero-order chi connectivity index (χ0) is 20.2. The highest BCUT2D eigenvalue weighted by atomic mass is 16.4. The number of aromatic nitrogens is 6. The van der Waals surface area contributed by atoms with E-state index in [2.05, 4.69) is 30.7 Å². The number of unbranched alkanes of at least 4 members (excludes halogenated alkanes) is 1. The average Bonchev–Trinajstić information content (AvgIpc) is 3.18. The summed E-state index contributed by atoms with van der Waals surface area (Å²) >= 11 is 0. The van der Waals surface area contributed by atoms with Gasteiger partial charge in [0.05, 0.1) is 12.7 Å². The third-order valence-corrected chi connectivity index (χ3v) is 2.83. The van der Waals surface area contributed by atoms with Crippen molar-refractivity contribution in [2.75, 3.05) is 5.32 Å². The lowest BCUT2D eigenvalue weighted by Gasteiger charge is -1.99. The van der Waals surface area contributed by atoms with E-state index in [0.717, 1.165) is 30.9 Å². The summed E-state index contributed by atoms with van der Waals surface area (Å²) in [7, 11) is 0. The van der Waals surface area contributed by atoms with E-state index in [1.807, 2.05) is 6.92 Å². The van der Waals surface area contributed by atoms with Gasteiger partial charge in [-0.1, -0.05) is 0 Å². The first-order valence-corrected chi connectivity index (χ1v) is 7.79. The fraction of sp³-hybridized carbons (Fsp3) is 0.357. The highest BCUT2D eigenvalue weighted by Crippen LogP contribution is 2.03. The Bertz CT molecular complexity index is 780. The number of carbonyl (C=O) groups is 2. The zero-order valence-electron chi connectivity index (χ0n) is 14.6. The molecule has 7 N–H and O–H groups in total. The second-order valence-electron chi connectivity index (χ2n) is 5.16. The van der Waals surface area contributed by atoms with E-state index in [9.17, 15) is 9.59 Å². The van der Waals surface area contributed by atoms with Gasteiger partial charge in [-0.2, -0.15) is 15.0 Å². The fourth-order valence-electron chi connectivity index (χ4n) is 1.79.